The normalized spacial score (nSPS) is 10.5. The third-order valence-corrected chi connectivity index (χ3v) is 5.41. The summed E-state index contributed by atoms with van der Waals surface area (Å²) >= 11 is 3.16. The number of nitrogens with zero attached hydrogens (tertiary/aromatic N) is 2. The molecular weight excluding hydrogens is 372 g/mol. The second-order valence-electron chi connectivity index (χ2n) is 5.38. The van der Waals surface area contributed by atoms with Gasteiger partial charge in [0.25, 0.3) is 5.69 Å². The molecule has 0 spiro atoms. The van der Waals surface area contributed by atoms with E-state index < -0.39 is 4.92 Å². The fraction of sp³-hybridized carbons (Fsp3) is 0.176. The molecule has 2 heterocycles. The molecule has 0 saturated heterocycles. The number of thiophene rings is 1. The summed E-state index contributed by atoms with van der Waals surface area (Å²) in [4.78, 5) is 27.7. The van der Waals surface area contributed by atoms with E-state index in [2.05, 4.69) is 15.6 Å². The number of benzene rings is 1. The van der Waals surface area contributed by atoms with Gasteiger partial charge in [-0.15, -0.1) is 22.7 Å². The number of amides is 1. The monoisotopic (exact) mass is 388 g/mol. The van der Waals surface area contributed by atoms with Crippen LogP contribution in [-0.2, 0) is 11.2 Å². The number of rotatable bonds is 8. The highest BCUT2D eigenvalue weighted by atomic mass is 32.1. The number of aromatic nitrogens is 1. The lowest BCUT2D eigenvalue weighted by Crippen LogP contribution is -2.30. The Kier molecular flexibility index (Phi) is 5.92. The third-order valence-electron chi connectivity index (χ3n) is 3.48. The van der Waals surface area contributed by atoms with Gasteiger partial charge in [-0.3, -0.25) is 14.9 Å². The highest BCUT2D eigenvalue weighted by molar-refractivity contribution is 7.20. The van der Waals surface area contributed by atoms with Crippen LogP contribution in [0.25, 0.3) is 9.88 Å². The molecule has 0 unspecified atom stereocenters. The van der Waals surface area contributed by atoms with E-state index in [-0.39, 0.29) is 18.0 Å². The van der Waals surface area contributed by atoms with Crippen molar-refractivity contribution in [2.45, 2.75) is 6.42 Å². The van der Waals surface area contributed by atoms with Crippen LogP contribution in [-0.4, -0.2) is 28.9 Å². The Morgan fingerprint density at radius 1 is 1.15 bits per heavy atom. The van der Waals surface area contributed by atoms with Crippen LogP contribution < -0.4 is 10.6 Å². The Labute approximate surface area is 157 Å². The summed E-state index contributed by atoms with van der Waals surface area (Å²) < 4.78 is 0. The van der Waals surface area contributed by atoms with Gasteiger partial charge in [-0.1, -0.05) is 6.07 Å². The standard InChI is InChI=1S/C17H16N4O3S2/c22-16(10-13-11-26-17(20-13)15-2-1-9-25-15)19-8-7-18-12-3-5-14(6-4-12)21(23)24/h1-6,9,11,18H,7-8,10H2,(H,19,22). The van der Waals surface area contributed by atoms with E-state index in [0.29, 0.717) is 13.1 Å². The minimum absolute atomic E-state index is 0.0500. The first-order chi connectivity index (χ1) is 12.6. The molecule has 2 aromatic heterocycles. The van der Waals surface area contributed by atoms with Crippen molar-refractivity contribution in [1.29, 1.82) is 0 Å². The molecule has 0 fully saturated rings. The van der Waals surface area contributed by atoms with Gasteiger partial charge in [0.15, 0.2) is 0 Å². The summed E-state index contributed by atoms with van der Waals surface area (Å²) in [5, 5.41) is 21.4. The molecule has 134 valence electrons. The predicted octanol–water partition coefficient (Wildman–Crippen LogP) is 3.55. The van der Waals surface area contributed by atoms with Crippen LogP contribution in [0.2, 0.25) is 0 Å². The molecular formula is C17H16N4O3S2. The lowest BCUT2D eigenvalue weighted by atomic mass is 10.3. The van der Waals surface area contributed by atoms with Crippen LogP contribution in [0.15, 0.2) is 47.2 Å². The zero-order valence-corrected chi connectivity index (χ0v) is 15.3. The van der Waals surface area contributed by atoms with E-state index in [0.717, 1.165) is 21.3 Å². The molecule has 3 rings (SSSR count). The van der Waals surface area contributed by atoms with Gasteiger partial charge in [0, 0.05) is 36.3 Å². The van der Waals surface area contributed by atoms with Crippen molar-refractivity contribution in [2.75, 3.05) is 18.4 Å². The Morgan fingerprint density at radius 2 is 1.96 bits per heavy atom. The number of hydrogen-bond donors (Lipinski definition) is 2. The zero-order valence-electron chi connectivity index (χ0n) is 13.7. The number of nitrogens with one attached hydrogen (secondary N) is 2. The van der Waals surface area contributed by atoms with Crippen LogP contribution >= 0.6 is 22.7 Å². The average Bonchev–Trinajstić information content (AvgIpc) is 3.30. The number of nitro benzene ring substituents is 1. The van der Waals surface area contributed by atoms with Gasteiger partial charge in [0.2, 0.25) is 5.91 Å². The topological polar surface area (TPSA) is 97.2 Å². The minimum Gasteiger partial charge on any atom is -0.383 e. The highest BCUT2D eigenvalue weighted by Gasteiger charge is 2.09. The van der Waals surface area contributed by atoms with E-state index in [4.69, 9.17) is 0 Å². The second kappa shape index (κ2) is 8.54. The van der Waals surface area contributed by atoms with Crippen molar-refractivity contribution in [1.82, 2.24) is 10.3 Å². The third kappa shape index (κ3) is 4.87. The Balaban J connectivity index is 1.40. The van der Waals surface area contributed by atoms with Crippen LogP contribution in [0, 0.1) is 10.1 Å². The van der Waals surface area contributed by atoms with Crippen LogP contribution in [0.4, 0.5) is 11.4 Å². The van der Waals surface area contributed by atoms with Gasteiger partial charge < -0.3 is 10.6 Å². The maximum atomic E-state index is 12.0. The highest BCUT2D eigenvalue weighted by Crippen LogP contribution is 2.27. The number of carbonyl (C=O) groups excluding carboxylic acids is 1. The van der Waals surface area contributed by atoms with Gasteiger partial charge in [-0.05, 0) is 23.6 Å². The zero-order chi connectivity index (χ0) is 18.4. The van der Waals surface area contributed by atoms with Crippen molar-refractivity contribution in [2.24, 2.45) is 0 Å². The van der Waals surface area contributed by atoms with E-state index in [1.807, 2.05) is 22.9 Å². The SMILES string of the molecule is O=C(Cc1csc(-c2cccs2)n1)NCCNc1ccc([N+](=O)[O-])cc1. The Morgan fingerprint density at radius 3 is 2.65 bits per heavy atom. The van der Waals surface area contributed by atoms with E-state index in [1.54, 1.807) is 23.5 Å². The smallest absolute Gasteiger partial charge is 0.269 e. The lowest BCUT2D eigenvalue weighted by molar-refractivity contribution is -0.384. The molecule has 0 aliphatic heterocycles. The summed E-state index contributed by atoms with van der Waals surface area (Å²) in [5.41, 5.74) is 1.58. The van der Waals surface area contributed by atoms with E-state index in [1.165, 1.54) is 23.5 Å². The van der Waals surface area contributed by atoms with Gasteiger partial charge in [0.1, 0.15) is 5.01 Å². The van der Waals surface area contributed by atoms with Gasteiger partial charge in [-0.2, -0.15) is 0 Å². The second-order valence-corrected chi connectivity index (χ2v) is 7.18. The molecule has 1 amide bonds. The molecule has 0 atom stereocenters. The number of nitro groups is 1. The molecule has 0 radical (unpaired) electrons. The molecule has 0 aliphatic rings. The molecule has 7 nitrogen and oxygen atoms in total. The number of anilines is 1. The number of hydrogen-bond acceptors (Lipinski definition) is 7. The van der Waals surface area contributed by atoms with Crippen molar-refractivity contribution in [3.05, 3.63) is 63.0 Å². The molecule has 2 N–H and O–H groups in total. The first-order valence-corrected chi connectivity index (χ1v) is 9.61. The quantitative estimate of drug-likeness (QED) is 0.349. The summed E-state index contributed by atoms with van der Waals surface area (Å²) in [7, 11) is 0. The number of thiazole rings is 1. The van der Waals surface area contributed by atoms with Gasteiger partial charge >= 0.3 is 0 Å². The van der Waals surface area contributed by atoms with Gasteiger partial charge in [0.05, 0.1) is 21.9 Å². The summed E-state index contributed by atoms with van der Waals surface area (Å²) in [6, 6.07) is 10.1. The van der Waals surface area contributed by atoms with Crippen LogP contribution in [0.1, 0.15) is 5.69 Å². The first kappa shape index (κ1) is 18.0. The van der Waals surface area contributed by atoms with Crippen molar-refractivity contribution < 1.29 is 9.72 Å². The molecule has 0 saturated carbocycles. The van der Waals surface area contributed by atoms with Crippen molar-refractivity contribution in [3.8, 4) is 9.88 Å². The minimum atomic E-state index is -0.438. The Hall–Kier alpha value is -2.78. The summed E-state index contributed by atoms with van der Waals surface area (Å²) in [5.74, 6) is -0.0847. The maximum absolute atomic E-state index is 12.0. The number of carbonyl (C=O) groups is 1. The van der Waals surface area contributed by atoms with Crippen LogP contribution in [0.5, 0.6) is 0 Å². The molecule has 0 aliphatic carbocycles. The number of non-ortho nitro benzene ring substituents is 1. The van der Waals surface area contributed by atoms with Gasteiger partial charge in [-0.25, -0.2) is 4.98 Å². The largest absolute Gasteiger partial charge is 0.383 e. The first-order valence-electron chi connectivity index (χ1n) is 7.85. The fourth-order valence-electron chi connectivity index (χ4n) is 2.24. The predicted molar refractivity (Wildman–Crippen MR) is 104 cm³/mol. The average molecular weight is 388 g/mol. The molecule has 3 aromatic rings. The summed E-state index contributed by atoms with van der Waals surface area (Å²) in [6.07, 6.45) is 0.249. The molecule has 26 heavy (non-hydrogen) atoms. The maximum Gasteiger partial charge on any atom is 0.269 e. The molecule has 0 bridgehead atoms. The lowest BCUT2D eigenvalue weighted by Gasteiger charge is -2.07. The van der Waals surface area contributed by atoms with Crippen molar-refractivity contribution >= 4 is 40.0 Å². The van der Waals surface area contributed by atoms with Crippen LogP contribution in [0.3, 0.4) is 0 Å². The molecule has 9 heteroatoms. The Bertz CT molecular complexity index is 876. The summed E-state index contributed by atoms with van der Waals surface area (Å²) in [6.45, 7) is 0.985. The molecule has 1 aromatic carbocycles. The van der Waals surface area contributed by atoms with E-state index >= 15 is 0 Å². The fourth-order valence-corrected chi connectivity index (χ4v) is 3.87. The van der Waals surface area contributed by atoms with Crippen molar-refractivity contribution in [3.63, 3.8) is 0 Å². The van der Waals surface area contributed by atoms with E-state index in [9.17, 15) is 14.9 Å².